The summed E-state index contributed by atoms with van der Waals surface area (Å²) in [6.07, 6.45) is 3.69. The van der Waals surface area contributed by atoms with Crippen LogP contribution in [0, 0.1) is 0 Å². The van der Waals surface area contributed by atoms with Crippen molar-refractivity contribution in [2.75, 3.05) is 19.6 Å². The molecule has 0 saturated carbocycles. The maximum absolute atomic E-state index is 12.0. The second-order valence-corrected chi connectivity index (χ2v) is 6.98. The lowest BCUT2D eigenvalue weighted by Gasteiger charge is -2.36. The van der Waals surface area contributed by atoms with Gasteiger partial charge in [0.2, 0.25) is 5.91 Å². The van der Waals surface area contributed by atoms with Crippen molar-refractivity contribution in [1.29, 1.82) is 0 Å². The summed E-state index contributed by atoms with van der Waals surface area (Å²) in [4.78, 5) is 14.4. The fourth-order valence-corrected chi connectivity index (χ4v) is 2.51. The highest BCUT2D eigenvalue weighted by Gasteiger charge is 2.25. The summed E-state index contributed by atoms with van der Waals surface area (Å²) in [5.41, 5.74) is -0.140. The van der Waals surface area contributed by atoms with Gasteiger partial charge < -0.3 is 10.6 Å². The molecule has 0 radical (unpaired) electrons. The van der Waals surface area contributed by atoms with Crippen LogP contribution in [0.3, 0.4) is 0 Å². The van der Waals surface area contributed by atoms with Crippen LogP contribution in [0.1, 0.15) is 53.9 Å². The Morgan fingerprint density at radius 2 is 2.00 bits per heavy atom. The van der Waals surface area contributed by atoms with Crippen molar-refractivity contribution in [3.8, 4) is 0 Å². The zero-order valence-corrected chi connectivity index (χ0v) is 13.3. The molecule has 0 aromatic rings. The lowest BCUT2D eigenvalue weighted by molar-refractivity contribution is -0.124. The number of hydrogen-bond donors (Lipinski definition) is 2. The molecule has 4 nitrogen and oxygen atoms in total. The second-order valence-electron chi connectivity index (χ2n) is 6.98. The maximum Gasteiger partial charge on any atom is 0.234 e. The maximum atomic E-state index is 12.0. The number of amides is 1. The highest BCUT2D eigenvalue weighted by molar-refractivity contribution is 5.78. The van der Waals surface area contributed by atoms with E-state index >= 15 is 0 Å². The van der Waals surface area contributed by atoms with Gasteiger partial charge in [0.05, 0.1) is 6.54 Å². The SMILES string of the molecule is CC(C)NCC1CCCCN1CC(=O)NC(C)(C)C. The summed E-state index contributed by atoms with van der Waals surface area (Å²) in [7, 11) is 0. The van der Waals surface area contributed by atoms with Crippen LogP contribution in [0.2, 0.25) is 0 Å². The van der Waals surface area contributed by atoms with Crippen molar-refractivity contribution >= 4 is 5.91 Å². The zero-order chi connectivity index (χ0) is 14.5. The van der Waals surface area contributed by atoms with Crippen molar-refractivity contribution in [3.05, 3.63) is 0 Å². The van der Waals surface area contributed by atoms with Gasteiger partial charge in [0.15, 0.2) is 0 Å². The molecule has 1 amide bonds. The van der Waals surface area contributed by atoms with Gasteiger partial charge >= 0.3 is 0 Å². The average molecular weight is 269 g/mol. The Balaban J connectivity index is 2.45. The molecular weight excluding hydrogens is 238 g/mol. The van der Waals surface area contributed by atoms with Crippen LogP contribution in [0.25, 0.3) is 0 Å². The Morgan fingerprint density at radius 1 is 1.32 bits per heavy atom. The molecule has 0 aliphatic carbocycles. The van der Waals surface area contributed by atoms with E-state index in [4.69, 9.17) is 0 Å². The highest BCUT2D eigenvalue weighted by Crippen LogP contribution is 2.16. The molecule has 0 bridgehead atoms. The number of carbonyl (C=O) groups is 1. The lowest BCUT2D eigenvalue weighted by Crippen LogP contribution is -2.52. The van der Waals surface area contributed by atoms with E-state index in [1.165, 1.54) is 19.3 Å². The summed E-state index contributed by atoms with van der Waals surface area (Å²) in [5.74, 6) is 0.143. The third-order valence-electron chi connectivity index (χ3n) is 3.37. The second kappa shape index (κ2) is 7.25. The minimum Gasteiger partial charge on any atom is -0.350 e. The lowest BCUT2D eigenvalue weighted by atomic mass is 10.0. The van der Waals surface area contributed by atoms with Crippen LogP contribution >= 0.6 is 0 Å². The Hall–Kier alpha value is -0.610. The molecule has 1 heterocycles. The predicted molar refractivity (Wildman–Crippen MR) is 80.2 cm³/mol. The fourth-order valence-electron chi connectivity index (χ4n) is 2.51. The number of nitrogens with one attached hydrogen (secondary N) is 2. The monoisotopic (exact) mass is 269 g/mol. The number of nitrogens with zero attached hydrogens (tertiary/aromatic N) is 1. The molecule has 1 rings (SSSR count). The molecule has 0 spiro atoms. The van der Waals surface area contributed by atoms with Gasteiger partial charge in [-0.15, -0.1) is 0 Å². The summed E-state index contributed by atoms with van der Waals surface area (Å²) >= 11 is 0. The molecule has 1 saturated heterocycles. The predicted octanol–water partition coefficient (Wildman–Crippen LogP) is 1.75. The summed E-state index contributed by atoms with van der Waals surface area (Å²) in [6, 6.07) is 1.01. The van der Waals surface area contributed by atoms with E-state index in [9.17, 15) is 4.79 Å². The molecule has 1 aliphatic heterocycles. The van der Waals surface area contributed by atoms with E-state index in [1.807, 2.05) is 20.8 Å². The Labute approximate surface area is 118 Å². The largest absolute Gasteiger partial charge is 0.350 e. The van der Waals surface area contributed by atoms with Gasteiger partial charge in [-0.1, -0.05) is 20.3 Å². The van der Waals surface area contributed by atoms with E-state index < -0.39 is 0 Å². The van der Waals surface area contributed by atoms with Crippen LogP contribution in [0.4, 0.5) is 0 Å². The van der Waals surface area contributed by atoms with Crippen LogP contribution in [0.5, 0.6) is 0 Å². The van der Waals surface area contributed by atoms with Gasteiger partial charge in [-0.25, -0.2) is 0 Å². The van der Waals surface area contributed by atoms with E-state index in [0.29, 0.717) is 18.6 Å². The van der Waals surface area contributed by atoms with Crippen LogP contribution in [-0.2, 0) is 4.79 Å². The smallest absolute Gasteiger partial charge is 0.234 e. The van der Waals surface area contributed by atoms with Gasteiger partial charge in [0, 0.05) is 24.2 Å². The minimum absolute atomic E-state index is 0.140. The molecule has 1 unspecified atom stereocenters. The molecule has 112 valence electrons. The van der Waals surface area contributed by atoms with Gasteiger partial charge in [-0.05, 0) is 40.2 Å². The van der Waals surface area contributed by atoms with Crippen molar-refractivity contribution in [2.24, 2.45) is 0 Å². The molecular formula is C15H31N3O. The van der Waals surface area contributed by atoms with Crippen molar-refractivity contribution < 1.29 is 4.79 Å². The first-order chi connectivity index (χ1) is 8.78. The normalized spacial score (nSPS) is 21.7. The third kappa shape index (κ3) is 6.92. The molecule has 0 aromatic carbocycles. The quantitative estimate of drug-likeness (QED) is 0.799. The third-order valence-corrected chi connectivity index (χ3v) is 3.37. The number of rotatable bonds is 5. The first-order valence-electron chi connectivity index (χ1n) is 7.56. The standard InChI is InChI=1S/C15H31N3O/c1-12(2)16-10-13-8-6-7-9-18(13)11-14(19)17-15(3,4)5/h12-13,16H,6-11H2,1-5H3,(H,17,19). The van der Waals surface area contributed by atoms with Crippen LogP contribution in [-0.4, -0.2) is 48.1 Å². The topological polar surface area (TPSA) is 44.4 Å². The molecule has 2 N–H and O–H groups in total. The van der Waals surface area contributed by atoms with Crippen molar-refractivity contribution in [3.63, 3.8) is 0 Å². The zero-order valence-electron chi connectivity index (χ0n) is 13.3. The number of piperidine rings is 1. The molecule has 1 atom stereocenters. The average Bonchev–Trinajstić information content (AvgIpc) is 2.25. The van der Waals surface area contributed by atoms with Crippen LogP contribution in [0.15, 0.2) is 0 Å². The highest BCUT2D eigenvalue weighted by atomic mass is 16.2. The summed E-state index contributed by atoms with van der Waals surface area (Å²) < 4.78 is 0. The van der Waals surface area contributed by atoms with Gasteiger partial charge in [0.1, 0.15) is 0 Å². The molecule has 4 heteroatoms. The number of hydrogen-bond acceptors (Lipinski definition) is 3. The van der Waals surface area contributed by atoms with Crippen molar-refractivity contribution in [1.82, 2.24) is 15.5 Å². The molecule has 0 aromatic heterocycles. The van der Waals surface area contributed by atoms with Crippen LogP contribution < -0.4 is 10.6 Å². The number of likely N-dealkylation sites (tertiary alicyclic amines) is 1. The molecule has 19 heavy (non-hydrogen) atoms. The first-order valence-corrected chi connectivity index (χ1v) is 7.56. The summed E-state index contributed by atoms with van der Waals surface area (Å²) in [5, 5.41) is 6.54. The van der Waals surface area contributed by atoms with E-state index in [2.05, 4.69) is 29.4 Å². The first kappa shape index (κ1) is 16.4. The van der Waals surface area contributed by atoms with E-state index in [0.717, 1.165) is 13.1 Å². The Bertz CT molecular complexity index is 284. The van der Waals surface area contributed by atoms with Gasteiger partial charge in [0.25, 0.3) is 0 Å². The minimum atomic E-state index is -0.140. The van der Waals surface area contributed by atoms with Gasteiger partial charge in [-0.3, -0.25) is 9.69 Å². The summed E-state index contributed by atoms with van der Waals surface area (Å²) in [6.45, 7) is 13.0. The van der Waals surface area contributed by atoms with Gasteiger partial charge in [-0.2, -0.15) is 0 Å². The molecule has 1 fully saturated rings. The Morgan fingerprint density at radius 3 is 2.58 bits per heavy atom. The number of carbonyl (C=O) groups excluding carboxylic acids is 1. The Kier molecular flexibility index (Phi) is 6.27. The van der Waals surface area contributed by atoms with E-state index in [-0.39, 0.29) is 11.4 Å². The van der Waals surface area contributed by atoms with Crippen molar-refractivity contribution in [2.45, 2.75) is 71.5 Å². The fraction of sp³-hybridized carbons (Fsp3) is 0.933. The van der Waals surface area contributed by atoms with E-state index in [1.54, 1.807) is 0 Å². The molecule has 1 aliphatic rings.